The van der Waals surface area contributed by atoms with Gasteiger partial charge in [0.05, 0.1) is 0 Å². The molecule has 3 heteroatoms. The van der Waals surface area contributed by atoms with Crippen molar-refractivity contribution in [2.45, 2.75) is 18.7 Å². The summed E-state index contributed by atoms with van der Waals surface area (Å²) in [7, 11) is 0. The molecule has 1 aromatic carbocycles. The number of benzene rings is 1. The summed E-state index contributed by atoms with van der Waals surface area (Å²) < 4.78 is 1.03. The zero-order valence-electron chi connectivity index (χ0n) is 7.09. The highest BCUT2D eigenvalue weighted by atomic mass is 79.9. The molecular formula is C10H10BrClO. The van der Waals surface area contributed by atoms with Gasteiger partial charge in [-0.05, 0) is 23.6 Å². The van der Waals surface area contributed by atoms with Crippen LogP contribution in [0.3, 0.4) is 0 Å². The second kappa shape index (κ2) is 5.40. The summed E-state index contributed by atoms with van der Waals surface area (Å²) in [4.78, 5) is 10.2. The summed E-state index contributed by atoms with van der Waals surface area (Å²) in [5, 5.41) is 0. The Balaban J connectivity index is 2.93. The van der Waals surface area contributed by atoms with E-state index in [1.165, 1.54) is 0 Å². The van der Waals surface area contributed by atoms with Gasteiger partial charge in [0.25, 0.3) is 0 Å². The molecule has 0 aromatic heterocycles. The first-order chi connectivity index (χ1) is 6.29. The molecule has 1 aromatic rings. The average Bonchev–Trinajstić information content (AvgIpc) is 2.15. The van der Waals surface area contributed by atoms with Crippen LogP contribution in [0.15, 0.2) is 22.7 Å². The molecule has 0 saturated heterocycles. The van der Waals surface area contributed by atoms with Gasteiger partial charge < -0.3 is 4.79 Å². The van der Waals surface area contributed by atoms with E-state index in [1.807, 2.05) is 18.2 Å². The molecule has 0 aliphatic rings. The van der Waals surface area contributed by atoms with E-state index in [0.717, 1.165) is 28.3 Å². The number of alkyl halides is 1. The molecule has 0 fully saturated rings. The van der Waals surface area contributed by atoms with Gasteiger partial charge in [0.2, 0.25) is 0 Å². The molecule has 70 valence electrons. The lowest BCUT2D eigenvalue weighted by molar-refractivity contribution is -0.107. The SMILES string of the molecule is O=CCCc1c(Br)cccc1CCl. The lowest BCUT2D eigenvalue weighted by atomic mass is 10.0. The number of carbonyl (C=O) groups excluding carboxylic acids is 1. The molecule has 0 aliphatic carbocycles. The minimum Gasteiger partial charge on any atom is -0.303 e. The molecule has 0 heterocycles. The Kier molecular flexibility index (Phi) is 4.46. The predicted molar refractivity (Wildman–Crippen MR) is 58.1 cm³/mol. The largest absolute Gasteiger partial charge is 0.303 e. The van der Waals surface area contributed by atoms with Crippen LogP contribution in [0.1, 0.15) is 17.5 Å². The van der Waals surface area contributed by atoms with E-state index in [2.05, 4.69) is 15.9 Å². The van der Waals surface area contributed by atoms with E-state index >= 15 is 0 Å². The van der Waals surface area contributed by atoms with Gasteiger partial charge in [-0.3, -0.25) is 0 Å². The lowest BCUT2D eigenvalue weighted by Crippen LogP contribution is -1.94. The summed E-state index contributed by atoms with van der Waals surface area (Å²) >= 11 is 9.22. The van der Waals surface area contributed by atoms with Crippen molar-refractivity contribution in [3.05, 3.63) is 33.8 Å². The molecule has 0 spiro atoms. The van der Waals surface area contributed by atoms with Gasteiger partial charge in [-0.1, -0.05) is 28.1 Å². The Morgan fingerprint density at radius 1 is 1.46 bits per heavy atom. The average molecular weight is 262 g/mol. The van der Waals surface area contributed by atoms with Gasteiger partial charge in [-0.25, -0.2) is 0 Å². The minimum atomic E-state index is 0.494. The molecule has 0 atom stereocenters. The van der Waals surface area contributed by atoms with Crippen molar-refractivity contribution in [1.29, 1.82) is 0 Å². The number of hydrogen-bond donors (Lipinski definition) is 0. The molecule has 1 rings (SSSR count). The van der Waals surface area contributed by atoms with Crippen LogP contribution >= 0.6 is 27.5 Å². The van der Waals surface area contributed by atoms with Crippen molar-refractivity contribution in [3.8, 4) is 0 Å². The van der Waals surface area contributed by atoms with Crippen LogP contribution in [-0.4, -0.2) is 6.29 Å². The van der Waals surface area contributed by atoms with Crippen molar-refractivity contribution in [3.63, 3.8) is 0 Å². The van der Waals surface area contributed by atoms with Gasteiger partial charge >= 0.3 is 0 Å². The van der Waals surface area contributed by atoms with E-state index in [1.54, 1.807) is 0 Å². The fourth-order valence-electron chi connectivity index (χ4n) is 1.21. The Morgan fingerprint density at radius 2 is 2.23 bits per heavy atom. The topological polar surface area (TPSA) is 17.1 Å². The second-order valence-electron chi connectivity index (χ2n) is 2.72. The van der Waals surface area contributed by atoms with Gasteiger partial charge in [-0.2, -0.15) is 0 Å². The zero-order chi connectivity index (χ0) is 9.68. The Labute approximate surface area is 91.2 Å². The summed E-state index contributed by atoms with van der Waals surface area (Å²) in [6.45, 7) is 0. The van der Waals surface area contributed by atoms with Crippen molar-refractivity contribution in [2.24, 2.45) is 0 Å². The number of rotatable bonds is 4. The van der Waals surface area contributed by atoms with E-state index in [-0.39, 0.29) is 0 Å². The van der Waals surface area contributed by atoms with Crippen LogP contribution in [0.4, 0.5) is 0 Å². The minimum absolute atomic E-state index is 0.494. The maximum atomic E-state index is 10.2. The summed E-state index contributed by atoms with van der Waals surface area (Å²) in [6.07, 6.45) is 2.23. The summed E-state index contributed by atoms with van der Waals surface area (Å²) in [6, 6.07) is 5.90. The molecule has 0 unspecified atom stereocenters. The monoisotopic (exact) mass is 260 g/mol. The number of aldehydes is 1. The maximum absolute atomic E-state index is 10.2. The molecule has 13 heavy (non-hydrogen) atoms. The van der Waals surface area contributed by atoms with Crippen molar-refractivity contribution >= 4 is 33.8 Å². The summed E-state index contributed by atoms with van der Waals surface area (Å²) in [5.41, 5.74) is 2.24. The van der Waals surface area contributed by atoms with Crippen LogP contribution in [-0.2, 0) is 17.1 Å². The maximum Gasteiger partial charge on any atom is 0.120 e. The van der Waals surface area contributed by atoms with Crippen molar-refractivity contribution in [1.82, 2.24) is 0 Å². The van der Waals surface area contributed by atoms with Crippen molar-refractivity contribution in [2.75, 3.05) is 0 Å². The summed E-state index contributed by atoms with van der Waals surface area (Å²) in [5.74, 6) is 0.494. The van der Waals surface area contributed by atoms with E-state index in [4.69, 9.17) is 11.6 Å². The number of halogens is 2. The third kappa shape index (κ3) is 2.82. The molecule has 0 amide bonds. The van der Waals surface area contributed by atoms with Gasteiger partial charge in [-0.15, -0.1) is 11.6 Å². The lowest BCUT2D eigenvalue weighted by Gasteiger charge is -2.07. The first-order valence-corrected chi connectivity index (χ1v) is 5.38. The fraction of sp³-hybridized carbons (Fsp3) is 0.300. The van der Waals surface area contributed by atoms with Crippen LogP contribution in [0, 0.1) is 0 Å². The number of carbonyl (C=O) groups is 1. The highest BCUT2D eigenvalue weighted by Gasteiger charge is 2.04. The first kappa shape index (κ1) is 10.7. The molecule has 1 nitrogen and oxygen atoms in total. The van der Waals surface area contributed by atoms with Crippen LogP contribution in [0.5, 0.6) is 0 Å². The zero-order valence-corrected chi connectivity index (χ0v) is 9.44. The standard InChI is InChI=1S/C10H10BrClO/c11-10-5-1-3-8(7-12)9(10)4-2-6-13/h1,3,5-6H,2,4,7H2. The van der Waals surface area contributed by atoms with Crippen LogP contribution in [0.2, 0.25) is 0 Å². The van der Waals surface area contributed by atoms with Gasteiger partial charge in [0.1, 0.15) is 6.29 Å². The quantitative estimate of drug-likeness (QED) is 0.600. The smallest absolute Gasteiger partial charge is 0.120 e. The Bertz CT molecular complexity index is 299. The number of hydrogen-bond acceptors (Lipinski definition) is 1. The molecule has 0 radical (unpaired) electrons. The van der Waals surface area contributed by atoms with E-state index < -0.39 is 0 Å². The highest BCUT2D eigenvalue weighted by Crippen LogP contribution is 2.23. The van der Waals surface area contributed by atoms with Crippen LogP contribution in [0.25, 0.3) is 0 Å². The van der Waals surface area contributed by atoms with E-state index in [9.17, 15) is 4.79 Å². The van der Waals surface area contributed by atoms with Gasteiger partial charge in [0, 0.05) is 16.8 Å². The van der Waals surface area contributed by atoms with Gasteiger partial charge in [0.15, 0.2) is 0 Å². The van der Waals surface area contributed by atoms with E-state index in [0.29, 0.717) is 12.3 Å². The Hall–Kier alpha value is -0.340. The first-order valence-electron chi connectivity index (χ1n) is 4.05. The molecule has 0 bridgehead atoms. The second-order valence-corrected chi connectivity index (χ2v) is 3.84. The third-order valence-electron chi connectivity index (χ3n) is 1.87. The predicted octanol–water partition coefficient (Wildman–Crippen LogP) is 3.32. The normalized spacial score (nSPS) is 10.0. The Morgan fingerprint density at radius 3 is 2.85 bits per heavy atom. The molecular weight excluding hydrogens is 251 g/mol. The fourth-order valence-corrected chi connectivity index (χ4v) is 2.07. The third-order valence-corrected chi connectivity index (χ3v) is 2.90. The highest BCUT2D eigenvalue weighted by molar-refractivity contribution is 9.10. The van der Waals surface area contributed by atoms with Crippen LogP contribution < -0.4 is 0 Å². The molecule has 0 N–H and O–H groups in total. The van der Waals surface area contributed by atoms with Crippen molar-refractivity contribution < 1.29 is 4.79 Å². The molecule has 0 saturated carbocycles. The molecule has 0 aliphatic heterocycles.